The minimum Gasteiger partial charge on any atom is -0.495 e. The van der Waals surface area contributed by atoms with E-state index in [2.05, 4.69) is 0 Å². The molecule has 0 bridgehead atoms. The van der Waals surface area contributed by atoms with Crippen molar-refractivity contribution in [2.75, 3.05) is 39.6 Å². The molecule has 0 saturated heterocycles. The highest BCUT2D eigenvalue weighted by molar-refractivity contribution is 7.89. The van der Waals surface area contributed by atoms with Crippen molar-refractivity contribution in [1.29, 1.82) is 0 Å². The Morgan fingerprint density at radius 2 is 2.00 bits per heavy atom. The predicted octanol–water partition coefficient (Wildman–Crippen LogP) is 0.934. The maximum Gasteiger partial charge on any atom is 0.246 e. The van der Waals surface area contributed by atoms with Crippen LogP contribution in [-0.2, 0) is 14.8 Å². The first-order valence-electron chi connectivity index (χ1n) is 5.90. The number of benzene rings is 1. The van der Waals surface area contributed by atoms with Crippen LogP contribution in [0.1, 0.15) is 6.92 Å². The average Bonchev–Trinajstić information content (AvgIpc) is 2.39. The molecule has 19 heavy (non-hydrogen) atoms. The van der Waals surface area contributed by atoms with Gasteiger partial charge in [-0.1, -0.05) is 6.92 Å². The molecule has 6 nitrogen and oxygen atoms in total. The van der Waals surface area contributed by atoms with Crippen molar-refractivity contribution < 1.29 is 17.9 Å². The van der Waals surface area contributed by atoms with Gasteiger partial charge >= 0.3 is 0 Å². The third-order valence-corrected chi connectivity index (χ3v) is 4.70. The van der Waals surface area contributed by atoms with Gasteiger partial charge in [-0.05, 0) is 18.2 Å². The maximum atomic E-state index is 12.5. The standard InChI is InChI=1S/C12H20N2O4S/c1-4-14(7-8-17-2)19(15,16)12-9-10(13)5-6-11(12)18-3/h5-6,9H,4,7-8,13H2,1-3H3. The van der Waals surface area contributed by atoms with Crippen LogP contribution < -0.4 is 10.5 Å². The highest BCUT2D eigenvalue weighted by Gasteiger charge is 2.26. The lowest BCUT2D eigenvalue weighted by Crippen LogP contribution is -2.34. The van der Waals surface area contributed by atoms with E-state index < -0.39 is 10.0 Å². The van der Waals surface area contributed by atoms with Crippen molar-refractivity contribution in [3.63, 3.8) is 0 Å². The van der Waals surface area contributed by atoms with Crippen molar-refractivity contribution in [3.05, 3.63) is 18.2 Å². The summed E-state index contributed by atoms with van der Waals surface area (Å²) in [6.45, 7) is 2.74. The summed E-state index contributed by atoms with van der Waals surface area (Å²) in [4.78, 5) is 0.0768. The molecule has 0 unspecified atom stereocenters. The number of hydrogen-bond acceptors (Lipinski definition) is 5. The lowest BCUT2D eigenvalue weighted by atomic mass is 10.3. The molecule has 0 amide bonds. The summed E-state index contributed by atoms with van der Waals surface area (Å²) in [6, 6.07) is 4.55. The summed E-state index contributed by atoms with van der Waals surface area (Å²) < 4.78 is 36.4. The van der Waals surface area contributed by atoms with Crippen LogP contribution in [0, 0.1) is 0 Å². The zero-order chi connectivity index (χ0) is 14.5. The topological polar surface area (TPSA) is 81.9 Å². The SMILES string of the molecule is CCN(CCOC)S(=O)(=O)c1cc(N)ccc1OC. The highest BCUT2D eigenvalue weighted by Crippen LogP contribution is 2.28. The molecule has 0 aliphatic rings. The summed E-state index contributed by atoms with van der Waals surface area (Å²) >= 11 is 0. The smallest absolute Gasteiger partial charge is 0.246 e. The molecule has 0 atom stereocenters. The Balaban J connectivity index is 3.20. The molecular formula is C12H20N2O4S. The lowest BCUT2D eigenvalue weighted by molar-refractivity contribution is 0.180. The number of sulfonamides is 1. The Morgan fingerprint density at radius 1 is 1.32 bits per heavy atom. The third-order valence-electron chi connectivity index (χ3n) is 2.70. The van der Waals surface area contributed by atoms with Crippen LogP contribution in [0.15, 0.2) is 23.1 Å². The summed E-state index contributed by atoms with van der Waals surface area (Å²) in [7, 11) is -0.684. The van der Waals surface area contributed by atoms with E-state index in [0.717, 1.165) is 0 Å². The molecule has 0 fully saturated rings. The molecule has 7 heteroatoms. The summed E-state index contributed by atoms with van der Waals surface area (Å²) in [5.41, 5.74) is 6.03. The maximum absolute atomic E-state index is 12.5. The van der Waals surface area contributed by atoms with E-state index in [1.54, 1.807) is 19.1 Å². The fourth-order valence-corrected chi connectivity index (χ4v) is 3.30. The number of nitrogens with zero attached hydrogens (tertiary/aromatic N) is 1. The normalized spacial score (nSPS) is 11.8. The average molecular weight is 288 g/mol. The van der Waals surface area contributed by atoms with E-state index in [0.29, 0.717) is 18.8 Å². The molecule has 0 aliphatic heterocycles. The fraction of sp³-hybridized carbons (Fsp3) is 0.500. The number of likely N-dealkylation sites (N-methyl/N-ethyl adjacent to an activating group) is 1. The summed E-state index contributed by atoms with van der Waals surface area (Å²) in [5.74, 6) is 0.282. The van der Waals surface area contributed by atoms with Gasteiger partial charge in [-0.2, -0.15) is 4.31 Å². The van der Waals surface area contributed by atoms with Crippen LogP contribution in [-0.4, -0.2) is 46.6 Å². The van der Waals surface area contributed by atoms with E-state index in [4.69, 9.17) is 15.2 Å². The van der Waals surface area contributed by atoms with Gasteiger partial charge in [0.05, 0.1) is 13.7 Å². The molecule has 1 rings (SSSR count). The van der Waals surface area contributed by atoms with Crippen LogP contribution in [0.3, 0.4) is 0 Å². The van der Waals surface area contributed by atoms with Gasteiger partial charge in [0.25, 0.3) is 0 Å². The van der Waals surface area contributed by atoms with E-state index in [1.807, 2.05) is 0 Å². The van der Waals surface area contributed by atoms with Gasteiger partial charge in [-0.15, -0.1) is 0 Å². The van der Waals surface area contributed by atoms with Gasteiger partial charge in [0, 0.05) is 25.9 Å². The number of hydrogen-bond donors (Lipinski definition) is 1. The van der Waals surface area contributed by atoms with Crippen molar-refractivity contribution >= 4 is 15.7 Å². The minimum atomic E-state index is -3.64. The van der Waals surface area contributed by atoms with Gasteiger partial charge in [0.2, 0.25) is 10.0 Å². The van der Waals surface area contributed by atoms with Crippen molar-refractivity contribution in [1.82, 2.24) is 4.31 Å². The number of ether oxygens (including phenoxy) is 2. The molecule has 0 heterocycles. The van der Waals surface area contributed by atoms with Crippen molar-refractivity contribution in [2.24, 2.45) is 0 Å². The van der Waals surface area contributed by atoms with Gasteiger partial charge in [0.15, 0.2) is 0 Å². The minimum absolute atomic E-state index is 0.0768. The second-order valence-electron chi connectivity index (χ2n) is 3.90. The Bertz CT molecular complexity index is 516. The van der Waals surface area contributed by atoms with Gasteiger partial charge in [-0.3, -0.25) is 0 Å². The zero-order valence-electron chi connectivity index (χ0n) is 11.4. The van der Waals surface area contributed by atoms with Crippen LogP contribution in [0.5, 0.6) is 5.75 Å². The van der Waals surface area contributed by atoms with Crippen molar-refractivity contribution in [2.45, 2.75) is 11.8 Å². The lowest BCUT2D eigenvalue weighted by Gasteiger charge is -2.21. The van der Waals surface area contributed by atoms with E-state index in [1.165, 1.54) is 24.6 Å². The Kier molecular flexibility index (Phi) is 5.59. The van der Waals surface area contributed by atoms with E-state index in [-0.39, 0.29) is 17.2 Å². The van der Waals surface area contributed by atoms with Gasteiger partial charge in [0.1, 0.15) is 10.6 Å². The Morgan fingerprint density at radius 3 is 2.53 bits per heavy atom. The number of rotatable bonds is 7. The number of nitrogens with two attached hydrogens (primary N) is 1. The summed E-state index contributed by atoms with van der Waals surface area (Å²) in [6.07, 6.45) is 0. The largest absolute Gasteiger partial charge is 0.495 e. The van der Waals surface area contributed by atoms with Gasteiger partial charge in [-0.25, -0.2) is 8.42 Å². The van der Waals surface area contributed by atoms with Crippen LogP contribution in [0.4, 0.5) is 5.69 Å². The molecule has 0 radical (unpaired) electrons. The molecule has 0 aliphatic carbocycles. The fourth-order valence-electron chi connectivity index (χ4n) is 1.68. The van der Waals surface area contributed by atoms with Crippen LogP contribution in [0.25, 0.3) is 0 Å². The summed E-state index contributed by atoms with van der Waals surface area (Å²) in [5, 5.41) is 0. The molecule has 108 valence electrons. The molecule has 0 aromatic heterocycles. The van der Waals surface area contributed by atoms with Gasteiger partial charge < -0.3 is 15.2 Å². The predicted molar refractivity (Wildman–Crippen MR) is 73.7 cm³/mol. The number of methoxy groups -OCH3 is 2. The Labute approximate surface area is 114 Å². The first kappa shape index (κ1) is 15.7. The third kappa shape index (κ3) is 3.59. The molecule has 1 aromatic rings. The molecule has 2 N–H and O–H groups in total. The van der Waals surface area contributed by atoms with Crippen molar-refractivity contribution in [3.8, 4) is 5.75 Å². The second kappa shape index (κ2) is 6.74. The van der Waals surface area contributed by atoms with E-state index >= 15 is 0 Å². The van der Waals surface area contributed by atoms with Crippen LogP contribution in [0.2, 0.25) is 0 Å². The molecule has 1 aromatic carbocycles. The van der Waals surface area contributed by atoms with E-state index in [9.17, 15) is 8.42 Å². The first-order valence-corrected chi connectivity index (χ1v) is 7.34. The van der Waals surface area contributed by atoms with Crippen LogP contribution >= 0.6 is 0 Å². The molecule has 0 saturated carbocycles. The highest BCUT2D eigenvalue weighted by atomic mass is 32.2. The zero-order valence-corrected chi connectivity index (χ0v) is 12.2. The first-order chi connectivity index (χ1) is 8.97. The molecular weight excluding hydrogens is 268 g/mol. The Hall–Kier alpha value is -1.31. The molecule has 0 spiro atoms. The number of nitrogen functional groups attached to an aromatic ring is 1. The monoisotopic (exact) mass is 288 g/mol. The number of anilines is 1. The quantitative estimate of drug-likeness (QED) is 0.755. The second-order valence-corrected chi connectivity index (χ2v) is 5.81.